The van der Waals surface area contributed by atoms with E-state index in [2.05, 4.69) is 0 Å². The Balaban J connectivity index is 1.48. The van der Waals surface area contributed by atoms with Gasteiger partial charge >= 0.3 is 0 Å². The van der Waals surface area contributed by atoms with Gasteiger partial charge in [-0.05, 0) is 83.5 Å². The van der Waals surface area contributed by atoms with E-state index in [0.29, 0.717) is 32.3 Å². The quantitative estimate of drug-likeness (QED) is 0.225. The number of ketones is 2. The molecular weight excluding hydrogens is 617 g/mol. The Bertz CT molecular complexity index is 1520. The van der Waals surface area contributed by atoms with Crippen LogP contribution in [0.4, 0.5) is 0 Å². The number of nitrogens with zero attached hydrogens (tertiary/aromatic N) is 1. The molecule has 0 spiro atoms. The molecule has 194 valence electrons. The summed E-state index contributed by atoms with van der Waals surface area (Å²) in [5.41, 5.74) is 2.78. The lowest BCUT2D eigenvalue weighted by molar-refractivity contribution is -0.140. The molecule has 38 heavy (non-hydrogen) atoms. The number of allylic oxidation sites excluding steroid dienone is 6. The first-order chi connectivity index (χ1) is 18.2. The summed E-state index contributed by atoms with van der Waals surface area (Å²) >= 11 is 3.51. The number of phenolic OH excluding ortho intramolecular Hbond substituents is 1. The van der Waals surface area contributed by atoms with Crippen molar-refractivity contribution in [2.75, 3.05) is 7.11 Å². The summed E-state index contributed by atoms with van der Waals surface area (Å²) in [4.78, 5) is 56.3. The van der Waals surface area contributed by atoms with Crippen molar-refractivity contribution in [2.45, 2.75) is 32.2 Å². The molecule has 6 rings (SSSR count). The van der Waals surface area contributed by atoms with Gasteiger partial charge in [-0.15, -0.1) is 11.3 Å². The van der Waals surface area contributed by atoms with E-state index >= 15 is 0 Å². The Morgan fingerprint density at radius 1 is 1.16 bits per heavy atom. The van der Waals surface area contributed by atoms with Crippen LogP contribution < -0.4 is 4.74 Å². The lowest BCUT2D eigenvalue weighted by Gasteiger charge is -2.42. The van der Waals surface area contributed by atoms with Crippen LogP contribution in [0.25, 0.3) is 0 Å². The molecule has 1 fully saturated rings. The van der Waals surface area contributed by atoms with Gasteiger partial charge in [-0.3, -0.25) is 24.1 Å². The van der Waals surface area contributed by atoms with E-state index < -0.39 is 17.8 Å². The number of halogens is 1. The fourth-order valence-corrected chi connectivity index (χ4v) is 7.78. The lowest BCUT2D eigenvalue weighted by atomic mass is 9.59. The number of thiophene rings is 1. The van der Waals surface area contributed by atoms with Crippen LogP contribution in [0.5, 0.6) is 11.5 Å². The van der Waals surface area contributed by atoms with Crippen LogP contribution in [0, 0.1) is 21.3 Å². The molecule has 7 nitrogen and oxygen atoms in total. The minimum atomic E-state index is -0.591. The van der Waals surface area contributed by atoms with Gasteiger partial charge in [0.05, 0.1) is 29.1 Å². The van der Waals surface area contributed by atoms with Crippen molar-refractivity contribution in [3.63, 3.8) is 0 Å². The summed E-state index contributed by atoms with van der Waals surface area (Å²) in [5, 5.41) is 12.4. The van der Waals surface area contributed by atoms with E-state index in [9.17, 15) is 24.3 Å². The third-order valence-corrected chi connectivity index (χ3v) is 9.84. The summed E-state index contributed by atoms with van der Waals surface area (Å²) in [6, 6.07) is 7.28. The van der Waals surface area contributed by atoms with E-state index in [1.807, 2.05) is 46.2 Å². The second-order valence-electron chi connectivity index (χ2n) is 10.1. The first kappa shape index (κ1) is 25.2. The third kappa shape index (κ3) is 3.73. The molecule has 4 atom stereocenters. The molecule has 1 aliphatic heterocycles. The van der Waals surface area contributed by atoms with Crippen molar-refractivity contribution in [3.05, 3.63) is 78.1 Å². The number of likely N-dealkylation sites (tertiary alicyclic amines) is 1. The Hall–Kier alpha value is -3.05. The smallest absolute Gasteiger partial charge is 0.234 e. The number of phenols is 1. The van der Waals surface area contributed by atoms with Gasteiger partial charge in [0, 0.05) is 27.5 Å². The number of amides is 2. The van der Waals surface area contributed by atoms with Gasteiger partial charge in [0.15, 0.2) is 23.1 Å². The summed E-state index contributed by atoms with van der Waals surface area (Å²) in [6.45, 7) is 1.88. The molecule has 4 aliphatic rings. The van der Waals surface area contributed by atoms with Crippen molar-refractivity contribution < 1.29 is 29.0 Å². The molecule has 2 heterocycles. The first-order valence-corrected chi connectivity index (χ1v) is 14.3. The van der Waals surface area contributed by atoms with Gasteiger partial charge < -0.3 is 9.84 Å². The van der Waals surface area contributed by atoms with Crippen molar-refractivity contribution in [1.82, 2.24) is 4.90 Å². The van der Waals surface area contributed by atoms with Crippen LogP contribution in [0.2, 0.25) is 0 Å². The van der Waals surface area contributed by atoms with Gasteiger partial charge in [0.25, 0.3) is 0 Å². The maximum Gasteiger partial charge on any atom is 0.234 e. The molecule has 0 saturated carbocycles. The fraction of sp³-hybridized carbons (Fsp3) is 0.310. The number of rotatable bonds is 4. The Labute approximate surface area is 237 Å². The standard InChI is InChI=1S/C29H24INO6S/c1-13-8-21(32)25-19(26(13)33)11-18-16(23(25)14-9-20(30)27(34)22(10-14)37-2)5-6-17-24(18)29(36)31(28(17)35)12-15-4-3-7-38-15/h3-5,7-10,17-18,23-24,34H,6,11-12H2,1-2H3. The Kier molecular flexibility index (Phi) is 6.18. The molecule has 9 heteroatoms. The highest BCUT2D eigenvalue weighted by molar-refractivity contribution is 14.1. The number of fused-ring (bicyclic) bond motifs is 3. The molecular formula is C29H24INO6S. The van der Waals surface area contributed by atoms with Gasteiger partial charge in [-0.25, -0.2) is 0 Å². The average Bonchev–Trinajstić information content (AvgIpc) is 3.50. The summed E-state index contributed by atoms with van der Waals surface area (Å²) in [5.74, 6) is -2.60. The number of hydrogen-bond donors (Lipinski definition) is 1. The minimum Gasteiger partial charge on any atom is -0.504 e. The zero-order valence-electron chi connectivity index (χ0n) is 20.7. The molecule has 2 amide bonds. The Morgan fingerprint density at radius 3 is 2.66 bits per heavy atom. The first-order valence-electron chi connectivity index (χ1n) is 12.4. The summed E-state index contributed by atoms with van der Waals surface area (Å²) in [6.07, 6.45) is 4.02. The number of benzene rings is 1. The molecule has 3 aliphatic carbocycles. The van der Waals surface area contributed by atoms with Crippen LogP contribution in [-0.4, -0.2) is 40.5 Å². The van der Waals surface area contributed by atoms with Gasteiger partial charge in [-0.1, -0.05) is 17.7 Å². The second-order valence-corrected chi connectivity index (χ2v) is 12.3. The number of aromatic hydroxyl groups is 1. The molecule has 2 aromatic rings. The molecule has 1 aromatic carbocycles. The highest BCUT2D eigenvalue weighted by Gasteiger charge is 2.56. The molecule has 0 radical (unpaired) electrons. The van der Waals surface area contributed by atoms with E-state index in [0.717, 1.165) is 10.5 Å². The van der Waals surface area contributed by atoms with Crippen molar-refractivity contribution in [3.8, 4) is 11.5 Å². The summed E-state index contributed by atoms with van der Waals surface area (Å²) < 4.78 is 5.95. The number of carbonyl (C=O) groups is 4. The third-order valence-electron chi connectivity index (χ3n) is 8.15. The number of carbonyl (C=O) groups excluding carboxylic acids is 4. The number of methoxy groups -OCH3 is 1. The van der Waals surface area contributed by atoms with E-state index in [1.54, 1.807) is 19.1 Å². The van der Waals surface area contributed by atoms with Crippen LogP contribution in [0.1, 0.15) is 36.1 Å². The Morgan fingerprint density at radius 2 is 1.95 bits per heavy atom. The van der Waals surface area contributed by atoms with Gasteiger partial charge in [0.2, 0.25) is 11.8 Å². The van der Waals surface area contributed by atoms with Gasteiger partial charge in [-0.2, -0.15) is 0 Å². The van der Waals surface area contributed by atoms with Crippen molar-refractivity contribution >= 4 is 57.3 Å². The van der Waals surface area contributed by atoms with Crippen molar-refractivity contribution in [2.24, 2.45) is 17.8 Å². The van der Waals surface area contributed by atoms with Crippen LogP contribution in [-0.2, 0) is 25.7 Å². The average molecular weight is 641 g/mol. The number of ether oxygens (including phenoxy) is 1. The number of Topliss-reactive ketones (excluding diaryl/α,β-unsaturated/α-hetero) is 1. The van der Waals surface area contributed by atoms with Crippen LogP contribution in [0.3, 0.4) is 0 Å². The molecule has 1 aromatic heterocycles. The SMILES string of the molecule is COc1cc(C2C3=CCC4C(=O)N(Cc5cccs5)C(=O)C4C3CC3=C2C(=O)C=C(C)C3=O)cc(I)c1O. The highest BCUT2D eigenvalue weighted by atomic mass is 127. The monoisotopic (exact) mass is 641 g/mol. The van der Waals surface area contributed by atoms with E-state index in [1.165, 1.54) is 29.4 Å². The van der Waals surface area contributed by atoms with E-state index in [4.69, 9.17) is 4.74 Å². The summed E-state index contributed by atoms with van der Waals surface area (Å²) in [7, 11) is 1.46. The fourth-order valence-electron chi connectivity index (χ4n) is 6.46. The van der Waals surface area contributed by atoms with E-state index in [-0.39, 0.29) is 53.8 Å². The van der Waals surface area contributed by atoms with Crippen LogP contribution in [0.15, 0.2) is 64.1 Å². The lowest BCUT2D eigenvalue weighted by Crippen LogP contribution is -2.39. The largest absolute Gasteiger partial charge is 0.504 e. The molecule has 0 bridgehead atoms. The minimum absolute atomic E-state index is 0.00123. The zero-order chi connectivity index (χ0) is 26.9. The van der Waals surface area contributed by atoms with Crippen LogP contribution >= 0.6 is 33.9 Å². The van der Waals surface area contributed by atoms with Crippen molar-refractivity contribution in [1.29, 1.82) is 0 Å². The molecule has 1 N–H and O–H groups in total. The highest BCUT2D eigenvalue weighted by Crippen LogP contribution is 2.56. The zero-order valence-corrected chi connectivity index (χ0v) is 23.7. The predicted octanol–water partition coefficient (Wildman–Crippen LogP) is 4.70. The molecule has 1 saturated heterocycles. The predicted molar refractivity (Wildman–Crippen MR) is 149 cm³/mol. The number of hydrogen-bond acceptors (Lipinski definition) is 7. The molecule has 4 unspecified atom stereocenters. The maximum absolute atomic E-state index is 13.8. The topological polar surface area (TPSA) is 101 Å². The second kappa shape index (κ2) is 9.30. The van der Waals surface area contributed by atoms with Gasteiger partial charge in [0.1, 0.15) is 0 Å². The normalized spacial score (nSPS) is 26.7. The maximum atomic E-state index is 13.8. The number of imide groups is 1.